The number of hydrogen-bond acceptors (Lipinski definition) is 8. The first kappa shape index (κ1) is 31.4. The van der Waals surface area contributed by atoms with Crippen molar-refractivity contribution in [2.24, 2.45) is 18.7 Å². The summed E-state index contributed by atoms with van der Waals surface area (Å²) in [7, 11) is 4.91. The van der Waals surface area contributed by atoms with Crippen LogP contribution >= 0.6 is 0 Å². The van der Waals surface area contributed by atoms with Crippen LogP contribution in [0.25, 0.3) is 33.6 Å². The monoisotopic (exact) mass is 655 g/mol. The fourth-order valence-corrected chi connectivity index (χ4v) is 6.56. The molecule has 12 nitrogen and oxygen atoms in total. The van der Waals surface area contributed by atoms with Crippen LogP contribution in [0.1, 0.15) is 35.3 Å². The van der Waals surface area contributed by atoms with E-state index in [1.807, 2.05) is 29.8 Å². The van der Waals surface area contributed by atoms with Gasteiger partial charge in [0.25, 0.3) is 5.91 Å². The van der Waals surface area contributed by atoms with Gasteiger partial charge in [0.15, 0.2) is 17.3 Å². The lowest BCUT2D eigenvalue weighted by Crippen LogP contribution is -2.50. The zero-order valence-electron chi connectivity index (χ0n) is 27.1. The van der Waals surface area contributed by atoms with Gasteiger partial charge in [-0.25, -0.2) is 14.4 Å². The Hall–Kier alpha value is -5.17. The number of hydrogen-bond donors (Lipinski definition) is 3. The average molecular weight is 656 g/mol. The highest BCUT2D eigenvalue weighted by Crippen LogP contribution is 2.38. The number of rotatable bonds is 9. The van der Waals surface area contributed by atoms with E-state index in [2.05, 4.69) is 9.88 Å². The molecule has 2 atom stereocenters. The van der Waals surface area contributed by atoms with E-state index >= 15 is 0 Å². The number of piperidine rings is 1. The molecule has 13 heteroatoms. The lowest BCUT2D eigenvalue weighted by Gasteiger charge is -2.33. The van der Waals surface area contributed by atoms with Crippen molar-refractivity contribution in [3.8, 4) is 28.8 Å². The molecule has 7 rings (SSSR count). The van der Waals surface area contributed by atoms with Crippen LogP contribution in [-0.2, 0) is 24.8 Å². The number of amides is 2. The molecule has 0 unspecified atom stereocenters. The average Bonchev–Trinajstić information content (AvgIpc) is 3.74. The van der Waals surface area contributed by atoms with Crippen molar-refractivity contribution in [3.05, 3.63) is 59.8 Å². The molecule has 2 amide bonds. The molecule has 2 aliphatic rings. The van der Waals surface area contributed by atoms with Crippen LogP contribution < -0.4 is 20.5 Å². The van der Waals surface area contributed by atoms with Crippen molar-refractivity contribution >= 4 is 39.6 Å². The van der Waals surface area contributed by atoms with Gasteiger partial charge in [-0.2, -0.15) is 0 Å². The number of alkyl halides is 1. The first-order valence-electron chi connectivity index (χ1n) is 16.0. The highest BCUT2D eigenvalue weighted by atomic mass is 19.1. The Morgan fingerprint density at radius 2 is 1.83 bits per heavy atom. The predicted octanol–water partition coefficient (Wildman–Crippen LogP) is 4.42. The maximum Gasteiger partial charge on any atom is 0.254 e. The number of fused-ring (bicyclic) bond motifs is 2. The van der Waals surface area contributed by atoms with Gasteiger partial charge in [-0.05, 0) is 67.6 Å². The number of methoxy groups -OCH3 is 2. The van der Waals surface area contributed by atoms with Gasteiger partial charge in [-0.15, -0.1) is 0 Å². The quantitative estimate of drug-likeness (QED) is 0.198. The van der Waals surface area contributed by atoms with Crippen LogP contribution in [0, 0.1) is 5.92 Å². The Morgan fingerprint density at radius 1 is 1.04 bits per heavy atom. The zero-order valence-corrected chi connectivity index (χ0v) is 27.1. The molecule has 1 aliphatic carbocycles. The molecule has 1 aliphatic heterocycles. The van der Waals surface area contributed by atoms with Crippen LogP contribution in [0.3, 0.4) is 0 Å². The van der Waals surface area contributed by atoms with E-state index in [0.29, 0.717) is 40.0 Å². The molecule has 250 valence electrons. The summed E-state index contributed by atoms with van der Waals surface area (Å²) in [6.07, 6.45) is 1.38. The minimum atomic E-state index is -1.16. The number of nitrogens with one attached hydrogen (secondary N) is 1. The standard InChI is InChI=1S/C35H38FN7O5/c1-41-32-26(10-21(12-30(32)48-3)35(46)42-17-22(36)13-23(37)18-42)40-34(41)27-11-20-6-7-25(39-33(20)43(27)16-19-4-5-19)15-31(45)38-24-8-9-28(44)29(14-24)47-2/h6-12,14,19,22-23,44H,4-5,13,15-18,37H2,1-3H3,(H,38,45)/t22-,23-/m1/s1. The molecule has 2 aromatic carbocycles. The summed E-state index contributed by atoms with van der Waals surface area (Å²) < 4.78 is 29.3. The normalized spacial score (nSPS) is 18.0. The highest BCUT2D eigenvalue weighted by molar-refractivity contribution is 6.00. The molecule has 0 radical (unpaired) electrons. The second-order valence-corrected chi connectivity index (χ2v) is 12.8. The molecule has 48 heavy (non-hydrogen) atoms. The van der Waals surface area contributed by atoms with Crippen molar-refractivity contribution in [2.75, 3.05) is 32.6 Å². The third-order valence-electron chi connectivity index (χ3n) is 9.09. The van der Waals surface area contributed by atoms with Crippen LogP contribution in [0.15, 0.2) is 48.5 Å². The van der Waals surface area contributed by atoms with Gasteiger partial charge >= 0.3 is 0 Å². The Bertz CT molecular complexity index is 2040. The molecule has 3 aromatic heterocycles. The van der Waals surface area contributed by atoms with Crippen LogP contribution in [0.2, 0.25) is 0 Å². The Labute approximate surface area is 276 Å². The number of aromatic nitrogens is 4. The molecular formula is C35H38FN7O5. The number of aromatic hydroxyl groups is 1. The van der Waals surface area contributed by atoms with E-state index in [-0.39, 0.29) is 49.2 Å². The fourth-order valence-electron chi connectivity index (χ4n) is 6.56. The SMILES string of the molecule is COc1cc(NC(=O)Cc2ccc3cc(-c4nc5cc(C(=O)N6C[C@H](N)C[C@@H](F)C6)cc(OC)c5n4C)n(CC4CC4)c3n2)ccc1O. The van der Waals surface area contributed by atoms with Gasteiger partial charge < -0.3 is 39.7 Å². The molecule has 5 aromatic rings. The Kier molecular flexibility index (Phi) is 8.15. The highest BCUT2D eigenvalue weighted by Gasteiger charge is 2.30. The molecule has 1 saturated carbocycles. The summed E-state index contributed by atoms with van der Waals surface area (Å²) >= 11 is 0. The minimum absolute atomic E-state index is 0.00380. The lowest BCUT2D eigenvalue weighted by atomic mass is 10.0. The second kappa shape index (κ2) is 12.5. The van der Waals surface area contributed by atoms with E-state index in [0.717, 1.165) is 41.6 Å². The third kappa shape index (κ3) is 6.01. The van der Waals surface area contributed by atoms with Gasteiger partial charge in [0.2, 0.25) is 5.91 Å². The summed E-state index contributed by atoms with van der Waals surface area (Å²) in [6.45, 7) is 1.04. The molecule has 2 fully saturated rings. The van der Waals surface area contributed by atoms with E-state index in [4.69, 9.17) is 25.2 Å². The molecule has 4 heterocycles. The summed E-state index contributed by atoms with van der Waals surface area (Å²) in [6, 6.07) is 13.5. The number of ether oxygens (including phenoxy) is 2. The number of aryl methyl sites for hydroxylation is 1. The largest absolute Gasteiger partial charge is 0.504 e. The van der Waals surface area contributed by atoms with Crippen LogP contribution in [-0.4, -0.2) is 80.4 Å². The lowest BCUT2D eigenvalue weighted by molar-refractivity contribution is -0.115. The van der Waals surface area contributed by atoms with Crippen molar-refractivity contribution < 1.29 is 28.6 Å². The zero-order chi connectivity index (χ0) is 33.7. The first-order valence-corrected chi connectivity index (χ1v) is 16.0. The number of nitrogens with zero attached hydrogens (tertiary/aromatic N) is 5. The van der Waals surface area contributed by atoms with Gasteiger partial charge in [0, 0.05) is 48.9 Å². The second-order valence-electron chi connectivity index (χ2n) is 12.8. The smallest absolute Gasteiger partial charge is 0.254 e. The number of carbonyl (C=O) groups excluding carboxylic acids is 2. The van der Waals surface area contributed by atoms with Crippen molar-refractivity contribution in [1.82, 2.24) is 24.0 Å². The number of likely N-dealkylation sites (tertiary alicyclic amines) is 1. The fraction of sp³-hybridized carbons (Fsp3) is 0.371. The Balaban J connectivity index is 1.23. The molecular weight excluding hydrogens is 617 g/mol. The van der Waals surface area contributed by atoms with E-state index in [1.54, 1.807) is 31.4 Å². The molecule has 0 bridgehead atoms. The maximum absolute atomic E-state index is 14.3. The number of imidazole rings is 1. The maximum atomic E-state index is 14.3. The number of anilines is 1. The van der Waals surface area contributed by atoms with E-state index in [9.17, 15) is 19.1 Å². The topological polar surface area (TPSA) is 150 Å². The summed E-state index contributed by atoms with van der Waals surface area (Å²) in [5.74, 6) is 1.36. The first-order chi connectivity index (χ1) is 23.1. The van der Waals surface area contributed by atoms with Gasteiger partial charge in [-0.1, -0.05) is 0 Å². The number of pyridine rings is 1. The summed E-state index contributed by atoms with van der Waals surface area (Å²) in [5, 5.41) is 13.6. The molecule has 4 N–H and O–H groups in total. The van der Waals surface area contributed by atoms with E-state index < -0.39 is 12.2 Å². The Morgan fingerprint density at radius 3 is 2.56 bits per heavy atom. The van der Waals surface area contributed by atoms with Crippen molar-refractivity contribution in [3.63, 3.8) is 0 Å². The van der Waals surface area contributed by atoms with Gasteiger partial charge in [-0.3, -0.25) is 9.59 Å². The number of halogens is 1. The number of carbonyl (C=O) groups is 2. The third-order valence-corrected chi connectivity index (χ3v) is 9.09. The predicted molar refractivity (Wildman–Crippen MR) is 179 cm³/mol. The summed E-state index contributed by atoms with van der Waals surface area (Å²) in [4.78, 5) is 37.8. The molecule has 1 saturated heterocycles. The van der Waals surface area contributed by atoms with E-state index in [1.165, 1.54) is 18.1 Å². The minimum Gasteiger partial charge on any atom is -0.504 e. The number of phenolic OH excluding ortho intramolecular Hbond substituents is 1. The number of benzene rings is 2. The van der Waals surface area contributed by atoms with Crippen molar-refractivity contribution in [2.45, 2.75) is 44.4 Å². The number of phenols is 1. The van der Waals surface area contributed by atoms with Crippen LogP contribution in [0.5, 0.6) is 17.2 Å². The summed E-state index contributed by atoms with van der Waals surface area (Å²) in [5.41, 5.74) is 10.4. The number of nitrogens with two attached hydrogens (primary N) is 1. The van der Waals surface area contributed by atoms with Gasteiger partial charge in [0.05, 0.1) is 44.1 Å². The van der Waals surface area contributed by atoms with Gasteiger partial charge in [0.1, 0.15) is 23.1 Å². The van der Waals surface area contributed by atoms with Crippen molar-refractivity contribution in [1.29, 1.82) is 0 Å². The molecule has 0 spiro atoms. The van der Waals surface area contributed by atoms with Crippen LogP contribution in [0.4, 0.5) is 10.1 Å².